The highest BCUT2D eigenvalue weighted by atomic mass is 35.5. The van der Waals surface area contributed by atoms with Gasteiger partial charge < -0.3 is 10.1 Å². The van der Waals surface area contributed by atoms with E-state index in [9.17, 15) is 4.79 Å². The van der Waals surface area contributed by atoms with Gasteiger partial charge in [-0.3, -0.25) is 9.69 Å². The minimum Gasteiger partial charge on any atom is -0.378 e. The zero-order chi connectivity index (χ0) is 13.7. The molecule has 1 aromatic heterocycles. The molecule has 0 aliphatic carbocycles. The molecule has 106 valence electrons. The van der Waals surface area contributed by atoms with Crippen molar-refractivity contribution in [1.82, 2.24) is 15.2 Å². The van der Waals surface area contributed by atoms with Crippen LogP contribution in [0.3, 0.4) is 0 Å². The van der Waals surface area contributed by atoms with Gasteiger partial charge in [0.05, 0.1) is 31.3 Å². The van der Waals surface area contributed by atoms with Crippen LogP contribution in [0.15, 0.2) is 5.38 Å². The molecule has 1 aliphatic heterocycles. The lowest BCUT2D eigenvalue weighted by molar-refractivity contribution is -0.132. The molecule has 1 aromatic rings. The van der Waals surface area contributed by atoms with E-state index in [1.54, 1.807) is 11.3 Å². The average molecular weight is 304 g/mol. The molecule has 0 aromatic carbocycles. The molecule has 19 heavy (non-hydrogen) atoms. The predicted octanol–water partition coefficient (Wildman–Crippen LogP) is 1.22. The number of alkyl halides is 1. The summed E-state index contributed by atoms with van der Waals surface area (Å²) in [5, 5.41) is 5.80. The second kappa shape index (κ2) is 7.19. The van der Waals surface area contributed by atoms with Gasteiger partial charge in [0.25, 0.3) is 0 Å². The van der Waals surface area contributed by atoms with Gasteiger partial charge in [-0.15, -0.1) is 22.9 Å². The number of carbonyl (C=O) groups is 1. The monoisotopic (exact) mass is 303 g/mol. The highest BCUT2D eigenvalue weighted by Gasteiger charge is 2.29. The van der Waals surface area contributed by atoms with Gasteiger partial charge in [0.1, 0.15) is 11.0 Å². The van der Waals surface area contributed by atoms with Crippen LogP contribution in [-0.2, 0) is 22.0 Å². The van der Waals surface area contributed by atoms with Crippen molar-refractivity contribution >= 4 is 28.8 Å². The quantitative estimate of drug-likeness (QED) is 0.831. The van der Waals surface area contributed by atoms with Crippen molar-refractivity contribution in [1.29, 1.82) is 0 Å². The fraction of sp³-hybridized carbons (Fsp3) is 0.667. The Labute approximate surface area is 121 Å². The summed E-state index contributed by atoms with van der Waals surface area (Å²) in [6, 6.07) is -0.225. The number of nitrogens with one attached hydrogen (secondary N) is 1. The van der Waals surface area contributed by atoms with Crippen molar-refractivity contribution in [3.63, 3.8) is 0 Å². The number of amides is 1. The zero-order valence-corrected chi connectivity index (χ0v) is 12.5. The second-order valence-electron chi connectivity index (χ2n) is 4.32. The van der Waals surface area contributed by atoms with Crippen molar-refractivity contribution in [2.75, 3.05) is 26.3 Å². The zero-order valence-electron chi connectivity index (χ0n) is 10.9. The molecule has 1 saturated heterocycles. The van der Waals surface area contributed by atoms with Gasteiger partial charge in [0, 0.05) is 18.5 Å². The summed E-state index contributed by atoms with van der Waals surface area (Å²) in [6.07, 6.45) is 0. The first-order valence-corrected chi connectivity index (χ1v) is 7.74. The highest BCUT2D eigenvalue weighted by Crippen LogP contribution is 2.17. The fourth-order valence-electron chi connectivity index (χ4n) is 2.02. The number of thiazole rings is 1. The van der Waals surface area contributed by atoms with E-state index < -0.39 is 0 Å². The maximum Gasteiger partial charge on any atom is 0.239 e. The van der Waals surface area contributed by atoms with Gasteiger partial charge in [0.2, 0.25) is 5.91 Å². The third-order valence-corrected chi connectivity index (χ3v) is 4.12. The standard InChI is InChI=1S/C12H18ClN3O2S/c1-2-14-12(17)10-7-18-4-3-16(10)6-11-15-9(5-13)8-19-11/h8,10H,2-7H2,1H3,(H,14,17). The number of morpholine rings is 1. The van der Waals surface area contributed by atoms with Crippen LogP contribution in [0.25, 0.3) is 0 Å². The highest BCUT2D eigenvalue weighted by molar-refractivity contribution is 7.09. The minimum atomic E-state index is -0.225. The molecule has 5 nitrogen and oxygen atoms in total. The first-order chi connectivity index (χ1) is 9.24. The number of aromatic nitrogens is 1. The summed E-state index contributed by atoms with van der Waals surface area (Å²) in [5.74, 6) is 0.454. The Balaban J connectivity index is 2.00. The van der Waals surface area contributed by atoms with E-state index >= 15 is 0 Å². The van der Waals surface area contributed by atoms with Crippen LogP contribution < -0.4 is 5.32 Å². The van der Waals surface area contributed by atoms with E-state index in [1.807, 2.05) is 12.3 Å². The van der Waals surface area contributed by atoms with Crippen LogP contribution in [0.2, 0.25) is 0 Å². The van der Waals surface area contributed by atoms with E-state index in [1.165, 1.54) is 0 Å². The van der Waals surface area contributed by atoms with Gasteiger partial charge >= 0.3 is 0 Å². The van der Waals surface area contributed by atoms with Crippen molar-refractivity contribution in [3.8, 4) is 0 Å². The molecule has 1 N–H and O–H groups in total. The molecule has 0 saturated carbocycles. The number of hydrogen-bond acceptors (Lipinski definition) is 5. The molecule has 2 heterocycles. The normalized spacial score (nSPS) is 20.4. The van der Waals surface area contributed by atoms with Crippen molar-refractivity contribution in [2.45, 2.75) is 25.4 Å². The predicted molar refractivity (Wildman–Crippen MR) is 75.4 cm³/mol. The molecule has 7 heteroatoms. The molecule has 0 spiro atoms. The summed E-state index contributed by atoms with van der Waals surface area (Å²) in [7, 11) is 0. The summed E-state index contributed by atoms with van der Waals surface area (Å²) in [5.41, 5.74) is 0.893. The Kier molecular flexibility index (Phi) is 5.57. The molecule has 1 atom stereocenters. The lowest BCUT2D eigenvalue weighted by Gasteiger charge is -2.33. The first kappa shape index (κ1) is 14.7. The van der Waals surface area contributed by atoms with E-state index in [-0.39, 0.29) is 11.9 Å². The number of hydrogen-bond donors (Lipinski definition) is 1. The Morgan fingerprint density at radius 2 is 2.58 bits per heavy atom. The Morgan fingerprint density at radius 1 is 1.74 bits per heavy atom. The molecular weight excluding hydrogens is 286 g/mol. The number of rotatable bonds is 5. The third kappa shape index (κ3) is 3.89. The molecule has 1 fully saturated rings. The third-order valence-electron chi connectivity index (χ3n) is 2.97. The van der Waals surface area contributed by atoms with E-state index in [0.717, 1.165) is 17.2 Å². The van der Waals surface area contributed by atoms with Crippen LogP contribution >= 0.6 is 22.9 Å². The Bertz CT molecular complexity index is 427. The molecule has 2 rings (SSSR count). The molecule has 0 radical (unpaired) electrons. The van der Waals surface area contributed by atoms with Crippen molar-refractivity contribution < 1.29 is 9.53 Å². The molecule has 1 amide bonds. The van der Waals surface area contributed by atoms with Crippen LogP contribution in [0.5, 0.6) is 0 Å². The SMILES string of the molecule is CCNC(=O)C1COCCN1Cc1nc(CCl)cs1. The Hall–Kier alpha value is -0.690. The van der Waals surface area contributed by atoms with Crippen LogP contribution in [0, 0.1) is 0 Å². The van der Waals surface area contributed by atoms with Crippen LogP contribution in [0.1, 0.15) is 17.6 Å². The largest absolute Gasteiger partial charge is 0.378 e. The molecule has 0 bridgehead atoms. The number of halogens is 1. The maximum absolute atomic E-state index is 12.0. The smallest absolute Gasteiger partial charge is 0.239 e. The number of carbonyl (C=O) groups excluding carboxylic acids is 1. The van der Waals surface area contributed by atoms with Crippen LogP contribution in [0.4, 0.5) is 0 Å². The number of ether oxygens (including phenoxy) is 1. The van der Waals surface area contributed by atoms with E-state index in [2.05, 4.69) is 15.2 Å². The van der Waals surface area contributed by atoms with Crippen LogP contribution in [-0.4, -0.2) is 48.1 Å². The lowest BCUT2D eigenvalue weighted by atomic mass is 10.2. The summed E-state index contributed by atoms with van der Waals surface area (Å²) < 4.78 is 5.40. The van der Waals surface area contributed by atoms with Crippen molar-refractivity contribution in [3.05, 3.63) is 16.1 Å². The molecule has 1 unspecified atom stereocenters. The summed E-state index contributed by atoms with van der Waals surface area (Å²) >= 11 is 7.33. The van der Waals surface area contributed by atoms with Gasteiger partial charge in [-0.25, -0.2) is 4.98 Å². The lowest BCUT2D eigenvalue weighted by Crippen LogP contribution is -2.53. The van der Waals surface area contributed by atoms with Gasteiger partial charge in [0.15, 0.2) is 0 Å². The minimum absolute atomic E-state index is 0.0244. The summed E-state index contributed by atoms with van der Waals surface area (Å²) in [4.78, 5) is 18.5. The number of likely N-dealkylation sites (N-methyl/N-ethyl adjacent to an activating group) is 1. The van der Waals surface area contributed by atoms with Crippen molar-refractivity contribution in [2.24, 2.45) is 0 Å². The van der Waals surface area contributed by atoms with E-state index in [4.69, 9.17) is 16.3 Å². The molecular formula is C12H18ClN3O2S. The average Bonchev–Trinajstić information content (AvgIpc) is 2.87. The fourth-order valence-corrected chi connectivity index (χ4v) is 3.06. The number of nitrogens with zero attached hydrogens (tertiary/aromatic N) is 2. The van der Waals surface area contributed by atoms with Gasteiger partial charge in [-0.05, 0) is 6.92 Å². The topological polar surface area (TPSA) is 54.5 Å². The Morgan fingerprint density at radius 3 is 3.26 bits per heavy atom. The van der Waals surface area contributed by atoms with E-state index in [0.29, 0.717) is 32.2 Å². The van der Waals surface area contributed by atoms with Gasteiger partial charge in [-0.2, -0.15) is 0 Å². The maximum atomic E-state index is 12.0. The summed E-state index contributed by atoms with van der Waals surface area (Å²) in [6.45, 7) is 5.07. The molecule has 1 aliphatic rings. The second-order valence-corrected chi connectivity index (χ2v) is 5.53. The van der Waals surface area contributed by atoms with Gasteiger partial charge in [-0.1, -0.05) is 0 Å². The first-order valence-electron chi connectivity index (χ1n) is 6.33.